The summed E-state index contributed by atoms with van der Waals surface area (Å²) in [6.07, 6.45) is 30.7. The number of hydrogen-bond donors (Lipinski definition) is 0. The Morgan fingerprint density at radius 1 is 0.341 bits per heavy atom. The topological polar surface area (TPSA) is 9.23 Å². The van der Waals surface area contributed by atoms with E-state index in [-0.39, 0.29) is 22.0 Å². The first-order valence-corrected chi connectivity index (χ1v) is 18.8. The molecule has 0 aromatic carbocycles. The molecule has 0 fully saturated rings. The van der Waals surface area contributed by atoms with Crippen molar-refractivity contribution in [1.29, 1.82) is 0 Å². The Balaban J connectivity index is 4.86. The second-order valence-corrected chi connectivity index (χ2v) is 17.1. The van der Waals surface area contributed by atoms with Crippen molar-refractivity contribution in [3.05, 3.63) is 0 Å². The fourth-order valence-corrected chi connectivity index (χ4v) is 8.14. The van der Waals surface area contributed by atoms with Crippen LogP contribution in [-0.2, 0) is 4.74 Å². The highest BCUT2D eigenvalue weighted by atomic mass is 16.5. The molecule has 0 N–H and O–H groups in total. The van der Waals surface area contributed by atoms with Crippen molar-refractivity contribution in [2.45, 2.75) is 236 Å². The molecule has 0 bridgehead atoms. The average molecular weight is 579 g/mol. The van der Waals surface area contributed by atoms with Crippen molar-refractivity contribution in [2.24, 2.45) is 22.7 Å². The molecule has 0 saturated heterocycles. The van der Waals surface area contributed by atoms with Gasteiger partial charge in [0.25, 0.3) is 0 Å². The third-order valence-electron chi connectivity index (χ3n) is 9.99. The Morgan fingerprint density at radius 3 is 0.780 bits per heavy atom. The van der Waals surface area contributed by atoms with Crippen molar-refractivity contribution in [2.75, 3.05) is 0 Å². The molecule has 0 amide bonds. The standard InChI is InChI=1S/C40H82O/c1-13-15-17-19-21-23-25-27-29-31-33-35(37(3,4)5)39(9,10)41-40(11,12)36(38(6,7)8)34-32-30-28-26-24-22-20-18-16-14-2/h35-36H,13-34H2,1-12H3. The second kappa shape index (κ2) is 21.6. The van der Waals surface area contributed by atoms with Gasteiger partial charge in [0.1, 0.15) is 0 Å². The lowest BCUT2D eigenvalue weighted by molar-refractivity contribution is -0.203. The van der Waals surface area contributed by atoms with Crippen LogP contribution in [0.5, 0.6) is 0 Å². The van der Waals surface area contributed by atoms with E-state index in [2.05, 4.69) is 83.1 Å². The number of unbranched alkanes of at least 4 members (excludes halogenated alkanes) is 18. The van der Waals surface area contributed by atoms with Crippen LogP contribution in [0.1, 0.15) is 224 Å². The van der Waals surface area contributed by atoms with E-state index in [1.54, 1.807) is 0 Å². The van der Waals surface area contributed by atoms with Crippen molar-refractivity contribution in [3.63, 3.8) is 0 Å². The third-order valence-corrected chi connectivity index (χ3v) is 9.99. The molecule has 0 aliphatic rings. The van der Waals surface area contributed by atoms with Gasteiger partial charge in [-0.3, -0.25) is 0 Å². The molecule has 0 spiro atoms. The van der Waals surface area contributed by atoms with E-state index >= 15 is 0 Å². The van der Waals surface area contributed by atoms with Crippen LogP contribution in [0.4, 0.5) is 0 Å². The molecule has 1 nitrogen and oxygen atoms in total. The summed E-state index contributed by atoms with van der Waals surface area (Å²) in [7, 11) is 0. The van der Waals surface area contributed by atoms with Crippen LogP contribution < -0.4 is 0 Å². The van der Waals surface area contributed by atoms with Gasteiger partial charge in [0.15, 0.2) is 0 Å². The van der Waals surface area contributed by atoms with Crippen LogP contribution in [0.15, 0.2) is 0 Å². The maximum Gasteiger partial charge on any atom is 0.0666 e. The highest BCUT2D eigenvalue weighted by Crippen LogP contribution is 2.47. The fraction of sp³-hybridized carbons (Fsp3) is 1.00. The van der Waals surface area contributed by atoms with Gasteiger partial charge >= 0.3 is 0 Å². The summed E-state index contributed by atoms with van der Waals surface area (Å²) >= 11 is 0. The molecule has 0 heterocycles. The number of ether oxygens (including phenoxy) is 1. The van der Waals surface area contributed by atoms with E-state index in [0.29, 0.717) is 11.8 Å². The Bertz CT molecular complexity index is 535. The molecule has 248 valence electrons. The molecule has 2 unspecified atom stereocenters. The third kappa shape index (κ3) is 19.8. The van der Waals surface area contributed by atoms with Crippen molar-refractivity contribution in [1.82, 2.24) is 0 Å². The van der Waals surface area contributed by atoms with Gasteiger partial charge in [0.2, 0.25) is 0 Å². The first-order chi connectivity index (χ1) is 19.1. The molecular weight excluding hydrogens is 496 g/mol. The minimum atomic E-state index is -0.137. The van der Waals surface area contributed by atoms with E-state index < -0.39 is 0 Å². The summed E-state index contributed by atoms with van der Waals surface area (Å²) in [6.45, 7) is 28.9. The van der Waals surface area contributed by atoms with Crippen LogP contribution in [0.3, 0.4) is 0 Å². The van der Waals surface area contributed by atoms with E-state index in [9.17, 15) is 0 Å². The van der Waals surface area contributed by atoms with Crippen molar-refractivity contribution in [3.8, 4) is 0 Å². The molecule has 0 aromatic rings. The summed E-state index contributed by atoms with van der Waals surface area (Å²) in [5.41, 5.74) is 0.212. The molecule has 0 aliphatic carbocycles. The molecule has 0 radical (unpaired) electrons. The summed E-state index contributed by atoms with van der Waals surface area (Å²) in [5.74, 6) is 1.11. The zero-order chi connectivity index (χ0) is 31.4. The first kappa shape index (κ1) is 41.0. The Hall–Kier alpha value is -0.0400. The van der Waals surface area contributed by atoms with E-state index in [4.69, 9.17) is 4.74 Å². The molecule has 0 rings (SSSR count). The quantitative estimate of drug-likeness (QED) is 0.0927. The highest BCUT2D eigenvalue weighted by Gasteiger charge is 2.46. The van der Waals surface area contributed by atoms with Gasteiger partial charge in [-0.25, -0.2) is 0 Å². The van der Waals surface area contributed by atoms with Gasteiger partial charge in [0, 0.05) is 0 Å². The van der Waals surface area contributed by atoms with Crippen LogP contribution in [0.2, 0.25) is 0 Å². The summed E-state index contributed by atoms with van der Waals surface area (Å²) in [4.78, 5) is 0. The number of hydrogen-bond acceptors (Lipinski definition) is 1. The van der Waals surface area contributed by atoms with Gasteiger partial charge in [-0.15, -0.1) is 0 Å². The van der Waals surface area contributed by atoms with Crippen LogP contribution in [0, 0.1) is 22.7 Å². The normalized spacial score (nSPS) is 14.9. The molecule has 0 saturated carbocycles. The largest absolute Gasteiger partial charge is 0.369 e. The van der Waals surface area contributed by atoms with E-state index in [1.807, 2.05) is 0 Å². The van der Waals surface area contributed by atoms with Gasteiger partial charge in [-0.1, -0.05) is 184 Å². The Labute approximate surface area is 262 Å². The monoisotopic (exact) mass is 579 g/mol. The SMILES string of the molecule is CCCCCCCCCCCCC(C(C)(C)C)C(C)(C)OC(C)(C)C(CCCCCCCCCCCC)C(C)(C)C. The summed E-state index contributed by atoms with van der Waals surface area (Å²) in [5, 5.41) is 0. The van der Waals surface area contributed by atoms with Crippen molar-refractivity contribution >= 4 is 0 Å². The van der Waals surface area contributed by atoms with Crippen LogP contribution in [-0.4, -0.2) is 11.2 Å². The number of rotatable bonds is 26. The van der Waals surface area contributed by atoms with Gasteiger partial charge < -0.3 is 4.74 Å². The smallest absolute Gasteiger partial charge is 0.0666 e. The average Bonchev–Trinajstić information content (AvgIpc) is 2.83. The molecule has 2 atom stereocenters. The minimum Gasteiger partial charge on any atom is -0.369 e. The lowest BCUT2D eigenvalue weighted by Gasteiger charge is -2.51. The molecular formula is C40H82O. The van der Waals surface area contributed by atoms with Crippen LogP contribution >= 0.6 is 0 Å². The van der Waals surface area contributed by atoms with Gasteiger partial charge in [0.05, 0.1) is 11.2 Å². The van der Waals surface area contributed by atoms with Gasteiger partial charge in [-0.2, -0.15) is 0 Å². The zero-order valence-electron chi connectivity index (χ0n) is 31.1. The lowest BCUT2D eigenvalue weighted by Crippen LogP contribution is -2.52. The Morgan fingerprint density at radius 2 is 0.561 bits per heavy atom. The lowest BCUT2D eigenvalue weighted by atomic mass is 9.67. The highest BCUT2D eigenvalue weighted by molar-refractivity contribution is 4.94. The fourth-order valence-electron chi connectivity index (χ4n) is 8.14. The predicted molar refractivity (Wildman–Crippen MR) is 188 cm³/mol. The molecule has 0 aliphatic heterocycles. The van der Waals surface area contributed by atoms with Crippen LogP contribution in [0.25, 0.3) is 0 Å². The van der Waals surface area contributed by atoms with E-state index in [0.717, 1.165) is 0 Å². The van der Waals surface area contributed by atoms with Crippen molar-refractivity contribution < 1.29 is 4.74 Å². The molecule has 41 heavy (non-hydrogen) atoms. The molecule has 0 aromatic heterocycles. The Kier molecular flexibility index (Phi) is 21.6. The maximum absolute atomic E-state index is 7.29. The van der Waals surface area contributed by atoms with E-state index in [1.165, 1.54) is 141 Å². The van der Waals surface area contributed by atoms with Gasteiger partial charge in [-0.05, 0) is 63.2 Å². The summed E-state index contributed by atoms with van der Waals surface area (Å²) < 4.78 is 7.29. The molecule has 1 heteroatoms. The maximum atomic E-state index is 7.29. The second-order valence-electron chi connectivity index (χ2n) is 17.1. The zero-order valence-corrected chi connectivity index (χ0v) is 31.1. The summed E-state index contributed by atoms with van der Waals surface area (Å²) in [6, 6.07) is 0. The minimum absolute atomic E-state index is 0.137. The predicted octanol–water partition coefficient (Wildman–Crippen LogP) is 14.5. The first-order valence-electron chi connectivity index (χ1n) is 18.8.